The number of benzene rings is 2. The van der Waals surface area contributed by atoms with Gasteiger partial charge < -0.3 is 0 Å². The van der Waals surface area contributed by atoms with Gasteiger partial charge in [0.15, 0.2) is 11.6 Å². The zero-order valence-corrected chi connectivity index (χ0v) is 14.8. The second-order valence-electron chi connectivity index (χ2n) is 7.59. The number of hydrogen-bond acceptors (Lipinski definition) is 2. The summed E-state index contributed by atoms with van der Waals surface area (Å²) in [5, 5.41) is 0. The highest BCUT2D eigenvalue weighted by atomic mass is 19.4. The molecule has 3 atom stereocenters. The fraction of sp³-hybridized carbons (Fsp3) is 0.364. The summed E-state index contributed by atoms with van der Waals surface area (Å²) in [6.45, 7) is 1.84. The SMILES string of the molecule is Cc1ccc(-c2cccc(C(F)(F)F)c2)cc1C1C(=O)[C@@H]2CC[C@@H](C2)C1=O. The third-order valence-corrected chi connectivity index (χ3v) is 5.92. The molecule has 0 aliphatic heterocycles. The van der Waals surface area contributed by atoms with Crippen LogP contribution in [0.5, 0.6) is 0 Å². The molecule has 2 bridgehead atoms. The average Bonchev–Trinajstić information content (AvgIpc) is 3.08. The van der Waals surface area contributed by atoms with E-state index in [-0.39, 0.29) is 23.4 Å². The number of carbonyl (C=O) groups excluding carboxylic acids is 2. The van der Waals surface area contributed by atoms with Gasteiger partial charge in [0.2, 0.25) is 0 Å². The Morgan fingerprint density at radius 1 is 0.889 bits per heavy atom. The molecule has 27 heavy (non-hydrogen) atoms. The van der Waals surface area contributed by atoms with E-state index >= 15 is 0 Å². The maximum atomic E-state index is 13.0. The van der Waals surface area contributed by atoms with E-state index in [1.54, 1.807) is 24.3 Å². The number of hydrogen-bond donors (Lipinski definition) is 0. The minimum absolute atomic E-state index is 0.0296. The summed E-state index contributed by atoms with van der Waals surface area (Å²) in [5.41, 5.74) is 1.74. The van der Waals surface area contributed by atoms with Crippen LogP contribution in [0, 0.1) is 18.8 Å². The van der Waals surface area contributed by atoms with Gasteiger partial charge in [0.1, 0.15) is 5.92 Å². The van der Waals surface area contributed by atoms with Crippen molar-refractivity contribution in [2.24, 2.45) is 11.8 Å². The van der Waals surface area contributed by atoms with Crippen LogP contribution in [0.4, 0.5) is 13.2 Å². The van der Waals surface area contributed by atoms with Gasteiger partial charge in [-0.25, -0.2) is 0 Å². The van der Waals surface area contributed by atoms with Crippen LogP contribution in [-0.2, 0) is 15.8 Å². The van der Waals surface area contributed by atoms with E-state index < -0.39 is 17.7 Å². The summed E-state index contributed by atoms with van der Waals surface area (Å²) < 4.78 is 39.1. The van der Waals surface area contributed by atoms with E-state index in [9.17, 15) is 22.8 Å². The molecule has 0 aromatic heterocycles. The van der Waals surface area contributed by atoms with Gasteiger partial charge in [-0.1, -0.05) is 24.3 Å². The van der Waals surface area contributed by atoms with Crippen LogP contribution in [0.3, 0.4) is 0 Å². The van der Waals surface area contributed by atoms with Gasteiger partial charge >= 0.3 is 6.18 Å². The molecule has 0 saturated heterocycles. The van der Waals surface area contributed by atoms with Gasteiger partial charge in [0, 0.05) is 11.8 Å². The second kappa shape index (κ2) is 6.32. The largest absolute Gasteiger partial charge is 0.416 e. The molecule has 4 rings (SSSR count). The van der Waals surface area contributed by atoms with Crippen LogP contribution in [0.25, 0.3) is 11.1 Å². The smallest absolute Gasteiger partial charge is 0.298 e. The van der Waals surface area contributed by atoms with Crippen LogP contribution in [0.1, 0.15) is 41.9 Å². The van der Waals surface area contributed by atoms with Crippen molar-refractivity contribution in [3.05, 3.63) is 59.2 Å². The molecule has 2 aromatic carbocycles. The molecule has 1 unspecified atom stereocenters. The first-order valence-corrected chi connectivity index (χ1v) is 9.11. The number of Topliss-reactive ketones (excluding diaryl/α,β-unsaturated/α-hetero) is 2. The summed E-state index contributed by atoms with van der Waals surface area (Å²) in [4.78, 5) is 25.6. The summed E-state index contributed by atoms with van der Waals surface area (Å²) in [7, 11) is 0. The number of carbonyl (C=O) groups is 2. The van der Waals surface area contributed by atoms with Gasteiger partial charge in [0.25, 0.3) is 0 Å². The van der Waals surface area contributed by atoms with Gasteiger partial charge in [-0.05, 0) is 66.6 Å². The van der Waals surface area contributed by atoms with Gasteiger partial charge in [0.05, 0.1) is 5.56 Å². The molecule has 0 radical (unpaired) electrons. The lowest BCUT2D eigenvalue weighted by molar-refractivity contribution is -0.138. The standard InChI is InChI=1S/C22H19F3O2/c1-12-5-6-14(13-3-2-4-17(10-13)22(23,24)25)11-18(12)19-20(26)15-7-8-16(9-15)21(19)27/h2-6,10-11,15-16,19H,7-9H2,1H3/t15-,16+,19?. The van der Waals surface area contributed by atoms with Crippen molar-refractivity contribution in [2.75, 3.05) is 0 Å². The Hall–Kier alpha value is -2.43. The number of ketones is 2. The minimum atomic E-state index is -4.42. The van der Waals surface area contributed by atoms with Crippen molar-refractivity contribution in [1.82, 2.24) is 0 Å². The number of halogens is 3. The number of alkyl halides is 3. The molecule has 0 amide bonds. The average molecular weight is 372 g/mol. The van der Waals surface area contributed by atoms with Crippen molar-refractivity contribution in [2.45, 2.75) is 38.3 Å². The van der Waals surface area contributed by atoms with Gasteiger partial charge in [-0.15, -0.1) is 0 Å². The van der Waals surface area contributed by atoms with Crippen molar-refractivity contribution in [1.29, 1.82) is 0 Å². The van der Waals surface area contributed by atoms with E-state index in [1.807, 2.05) is 6.92 Å². The van der Waals surface area contributed by atoms with Crippen molar-refractivity contribution >= 4 is 11.6 Å². The maximum Gasteiger partial charge on any atom is 0.416 e. The predicted octanol–water partition coefficient (Wildman–Crippen LogP) is 5.33. The zero-order valence-electron chi connectivity index (χ0n) is 14.8. The van der Waals surface area contributed by atoms with Crippen molar-refractivity contribution in [3.63, 3.8) is 0 Å². The molecule has 2 aromatic rings. The highest BCUT2D eigenvalue weighted by molar-refractivity contribution is 6.12. The Morgan fingerprint density at radius 3 is 2.15 bits per heavy atom. The molecule has 2 fully saturated rings. The van der Waals surface area contributed by atoms with E-state index in [1.165, 1.54) is 6.07 Å². The Bertz CT molecular complexity index is 907. The molecule has 2 aliphatic carbocycles. The Morgan fingerprint density at radius 2 is 1.52 bits per heavy atom. The van der Waals surface area contributed by atoms with Crippen LogP contribution in [0.15, 0.2) is 42.5 Å². The summed E-state index contributed by atoms with van der Waals surface area (Å²) in [6, 6.07) is 10.3. The number of aryl methyl sites for hydroxylation is 1. The lowest BCUT2D eigenvalue weighted by Crippen LogP contribution is -2.35. The van der Waals surface area contributed by atoms with Crippen molar-refractivity contribution in [3.8, 4) is 11.1 Å². The van der Waals surface area contributed by atoms with E-state index in [2.05, 4.69) is 0 Å². The lowest BCUT2D eigenvalue weighted by atomic mass is 9.74. The van der Waals surface area contributed by atoms with E-state index in [0.29, 0.717) is 23.1 Å². The first-order chi connectivity index (χ1) is 12.8. The van der Waals surface area contributed by atoms with Crippen LogP contribution < -0.4 is 0 Å². The maximum absolute atomic E-state index is 13.0. The highest BCUT2D eigenvalue weighted by Crippen LogP contribution is 2.45. The quantitative estimate of drug-likeness (QED) is 0.668. The highest BCUT2D eigenvalue weighted by Gasteiger charge is 2.47. The third-order valence-electron chi connectivity index (χ3n) is 5.92. The molecule has 2 nitrogen and oxygen atoms in total. The first kappa shape index (κ1) is 18.0. The Labute approximate surface area is 155 Å². The molecule has 140 valence electrons. The predicted molar refractivity (Wildman–Crippen MR) is 95.2 cm³/mol. The lowest BCUT2D eigenvalue weighted by Gasteiger charge is -2.27. The molecule has 5 heteroatoms. The fourth-order valence-electron chi connectivity index (χ4n) is 4.42. The molecule has 0 heterocycles. The van der Waals surface area contributed by atoms with E-state index in [0.717, 1.165) is 30.5 Å². The minimum Gasteiger partial charge on any atom is -0.298 e. The van der Waals surface area contributed by atoms with Crippen LogP contribution in [0.2, 0.25) is 0 Å². The number of fused-ring (bicyclic) bond motifs is 2. The topological polar surface area (TPSA) is 34.1 Å². The normalized spacial score (nSPS) is 25.1. The van der Waals surface area contributed by atoms with Gasteiger partial charge in [-0.3, -0.25) is 9.59 Å². The van der Waals surface area contributed by atoms with Crippen LogP contribution in [-0.4, -0.2) is 11.6 Å². The van der Waals surface area contributed by atoms with Crippen LogP contribution >= 0.6 is 0 Å². The molecule has 0 N–H and O–H groups in total. The Kier molecular flexibility index (Phi) is 4.21. The van der Waals surface area contributed by atoms with Gasteiger partial charge in [-0.2, -0.15) is 13.2 Å². The third kappa shape index (κ3) is 3.09. The molecule has 2 aliphatic rings. The molecule has 2 saturated carbocycles. The summed E-state index contributed by atoms with van der Waals surface area (Å²) >= 11 is 0. The zero-order chi connectivity index (χ0) is 19.3. The van der Waals surface area contributed by atoms with E-state index in [4.69, 9.17) is 0 Å². The summed E-state index contributed by atoms with van der Waals surface area (Å²) in [6.07, 6.45) is -2.24. The summed E-state index contributed by atoms with van der Waals surface area (Å²) in [5.74, 6) is -0.957. The number of rotatable bonds is 2. The molecular weight excluding hydrogens is 353 g/mol. The molecular formula is C22H19F3O2. The fourth-order valence-corrected chi connectivity index (χ4v) is 4.42. The monoisotopic (exact) mass is 372 g/mol. The molecule has 0 spiro atoms. The second-order valence-corrected chi connectivity index (χ2v) is 7.59. The Balaban J connectivity index is 1.77. The first-order valence-electron chi connectivity index (χ1n) is 9.11. The van der Waals surface area contributed by atoms with Crippen molar-refractivity contribution < 1.29 is 22.8 Å².